The molecule has 3 fully saturated rings. The second kappa shape index (κ2) is 7.80. The van der Waals surface area contributed by atoms with Crippen molar-refractivity contribution < 1.29 is 14.4 Å². The molecule has 0 bridgehead atoms. The van der Waals surface area contributed by atoms with Crippen LogP contribution in [0.5, 0.6) is 0 Å². The minimum absolute atomic E-state index is 0.00145. The number of amides is 3. The zero-order chi connectivity index (χ0) is 20.7. The molecule has 3 aliphatic heterocycles. The highest BCUT2D eigenvalue weighted by Gasteiger charge is 2.52. The Balaban J connectivity index is 1.40. The summed E-state index contributed by atoms with van der Waals surface area (Å²) in [6.45, 7) is 2.47. The number of rotatable bonds is 3. The monoisotopic (exact) mass is 409 g/mol. The lowest BCUT2D eigenvalue weighted by Crippen LogP contribution is -2.55. The molecule has 3 heterocycles. The molecule has 1 saturated carbocycles. The summed E-state index contributed by atoms with van der Waals surface area (Å²) in [7, 11) is 0. The zero-order valence-corrected chi connectivity index (χ0v) is 17.6. The summed E-state index contributed by atoms with van der Waals surface area (Å²) < 4.78 is 0. The van der Waals surface area contributed by atoms with Crippen LogP contribution in [0.25, 0.3) is 0 Å². The fourth-order valence-corrected chi connectivity index (χ4v) is 5.92. The van der Waals surface area contributed by atoms with Crippen LogP contribution in [-0.2, 0) is 27.3 Å². The van der Waals surface area contributed by atoms with E-state index in [1.54, 1.807) is 0 Å². The predicted molar refractivity (Wildman–Crippen MR) is 112 cm³/mol. The standard InChI is InChI=1S/C24H31N3O3/c28-21-15-24(10-4-1-5-11-24)23(30)27(21)17-26-16-19-9-3-2-8-18(19)14-20(26)22(29)25-12-6-7-13-25/h2-3,8-9,20H,1,4-7,10-17H2/t20-/m0/s1. The van der Waals surface area contributed by atoms with Crippen molar-refractivity contribution in [3.05, 3.63) is 35.4 Å². The first-order valence-electron chi connectivity index (χ1n) is 11.5. The van der Waals surface area contributed by atoms with Crippen LogP contribution in [0.2, 0.25) is 0 Å². The smallest absolute Gasteiger partial charge is 0.240 e. The van der Waals surface area contributed by atoms with Crippen LogP contribution in [-0.4, -0.2) is 58.2 Å². The molecule has 6 heteroatoms. The molecule has 0 radical (unpaired) electrons. The maximum absolute atomic E-state index is 13.3. The number of hydrogen-bond donors (Lipinski definition) is 0. The van der Waals surface area contributed by atoms with Crippen LogP contribution in [0.3, 0.4) is 0 Å². The molecule has 4 aliphatic rings. The van der Waals surface area contributed by atoms with Gasteiger partial charge in [0, 0.05) is 26.1 Å². The van der Waals surface area contributed by atoms with E-state index in [0.29, 0.717) is 19.4 Å². The lowest BCUT2D eigenvalue weighted by Gasteiger charge is -2.39. The minimum Gasteiger partial charge on any atom is -0.341 e. The van der Waals surface area contributed by atoms with E-state index < -0.39 is 5.41 Å². The Bertz CT molecular complexity index is 855. The number of imide groups is 1. The number of carbonyl (C=O) groups is 3. The molecule has 1 atom stereocenters. The second-order valence-corrected chi connectivity index (χ2v) is 9.55. The molecule has 30 heavy (non-hydrogen) atoms. The largest absolute Gasteiger partial charge is 0.341 e. The maximum Gasteiger partial charge on any atom is 0.240 e. The van der Waals surface area contributed by atoms with Crippen molar-refractivity contribution in [1.29, 1.82) is 0 Å². The fraction of sp³-hybridized carbons (Fsp3) is 0.625. The van der Waals surface area contributed by atoms with Gasteiger partial charge in [-0.3, -0.25) is 24.2 Å². The van der Waals surface area contributed by atoms with E-state index in [1.807, 2.05) is 17.0 Å². The van der Waals surface area contributed by atoms with Gasteiger partial charge in [0.2, 0.25) is 17.7 Å². The summed E-state index contributed by atoms with van der Waals surface area (Å²) in [6, 6.07) is 7.92. The first-order valence-corrected chi connectivity index (χ1v) is 11.5. The Labute approximate surface area is 178 Å². The Morgan fingerprint density at radius 2 is 1.67 bits per heavy atom. The molecule has 0 unspecified atom stereocenters. The molecule has 160 valence electrons. The average molecular weight is 410 g/mol. The lowest BCUT2D eigenvalue weighted by atomic mass is 9.73. The number of carbonyl (C=O) groups excluding carboxylic acids is 3. The molecule has 0 N–H and O–H groups in total. The summed E-state index contributed by atoms with van der Waals surface area (Å²) >= 11 is 0. The molecule has 1 aliphatic carbocycles. The highest BCUT2D eigenvalue weighted by atomic mass is 16.2. The fourth-order valence-electron chi connectivity index (χ4n) is 5.92. The summed E-state index contributed by atoms with van der Waals surface area (Å²) in [5.41, 5.74) is 1.92. The van der Waals surface area contributed by atoms with Gasteiger partial charge in [-0.15, -0.1) is 0 Å². The number of hydrogen-bond acceptors (Lipinski definition) is 4. The van der Waals surface area contributed by atoms with Crippen molar-refractivity contribution in [2.45, 2.75) is 70.4 Å². The van der Waals surface area contributed by atoms with Crippen LogP contribution >= 0.6 is 0 Å². The van der Waals surface area contributed by atoms with Crippen molar-refractivity contribution in [2.75, 3.05) is 19.8 Å². The van der Waals surface area contributed by atoms with Gasteiger partial charge < -0.3 is 4.90 Å². The molecule has 1 aromatic rings. The minimum atomic E-state index is -0.475. The van der Waals surface area contributed by atoms with Crippen LogP contribution in [0.15, 0.2) is 24.3 Å². The summed E-state index contributed by atoms with van der Waals surface area (Å²) in [5, 5.41) is 0. The first kappa shape index (κ1) is 19.7. The van der Waals surface area contributed by atoms with Gasteiger partial charge in [0.15, 0.2) is 0 Å². The number of fused-ring (bicyclic) bond motifs is 1. The predicted octanol–water partition coefficient (Wildman–Crippen LogP) is 2.70. The number of benzene rings is 1. The van der Waals surface area contributed by atoms with Crippen molar-refractivity contribution in [3.8, 4) is 0 Å². The third-order valence-electron chi connectivity index (χ3n) is 7.67. The molecule has 1 aromatic carbocycles. The lowest BCUT2D eigenvalue weighted by molar-refractivity contribution is -0.149. The Morgan fingerprint density at radius 3 is 2.40 bits per heavy atom. The first-order chi connectivity index (χ1) is 14.6. The van der Waals surface area contributed by atoms with Gasteiger partial charge >= 0.3 is 0 Å². The maximum atomic E-state index is 13.3. The van der Waals surface area contributed by atoms with Crippen LogP contribution in [0, 0.1) is 5.41 Å². The van der Waals surface area contributed by atoms with Gasteiger partial charge in [-0.2, -0.15) is 0 Å². The van der Waals surface area contributed by atoms with Crippen LogP contribution in [0.4, 0.5) is 0 Å². The van der Waals surface area contributed by atoms with Gasteiger partial charge in [-0.05, 0) is 43.2 Å². The van der Waals surface area contributed by atoms with E-state index >= 15 is 0 Å². The molecule has 0 aromatic heterocycles. The summed E-state index contributed by atoms with van der Waals surface area (Å²) in [5.74, 6) is 0.0834. The molecule has 5 rings (SSSR count). The van der Waals surface area contributed by atoms with Gasteiger partial charge in [-0.25, -0.2) is 0 Å². The van der Waals surface area contributed by atoms with Gasteiger partial charge in [-0.1, -0.05) is 43.5 Å². The van der Waals surface area contributed by atoms with E-state index in [0.717, 1.165) is 58.0 Å². The van der Waals surface area contributed by atoms with Gasteiger partial charge in [0.1, 0.15) is 0 Å². The third kappa shape index (κ3) is 3.35. The van der Waals surface area contributed by atoms with Gasteiger partial charge in [0.05, 0.1) is 18.1 Å². The number of nitrogens with zero attached hydrogens (tertiary/aromatic N) is 3. The van der Waals surface area contributed by atoms with Crippen molar-refractivity contribution in [1.82, 2.24) is 14.7 Å². The highest BCUT2D eigenvalue weighted by molar-refractivity contribution is 6.06. The molecule has 2 saturated heterocycles. The van der Waals surface area contributed by atoms with E-state index in [-0.39, 0.29) is 30.4 Å². The van der Waals surface area contributed by atoms with Crippen molar-refractivity contribution >= 4 is 17.7 Å². The molecule has 3 amide bonds. The van der Waals surface area contributed by atoms with Crippen molar-refractivity contribution in [3.63, 3.8) is 0 Å². The highest BCUT2D eigenvalue weighted by Crippen LogP contribution is 2.45. The topological polar surface area (TPSA) is 60.9 Å². The number of likely N-dealkylation sites (tertiary alicyclic amines) is 2. The second-order valence-electron chi connectivity index (χ2n) is 9.55. The Morgan fingerprint density at radius 1 is 0.967 bits per heavy atom. The molecule has 6 nitrogen and oxygen atoms in total. The Kier molecular flexibility index (Phi) is 5.13. The Hall–Kier alpha value is -2.21. The SMILES string of the molecule is O=C([C@@H]1Cc2ccccc2CN1CN1C(=O)CC2(CCCCC2)C1=O)N1CCCC1. The van der Waals surface area contributed by atoms with E-state index in [1.165, 1.54) is 16.0 Å². The molecular weight excluding hydrogens is 378 g/mol. The van der Waals surface area contributed by atoms with Gasteiger partial charge in [0.25, 0.3) is 0 Å². The van der Waals surface area contributed by atoms with E-state index in [4.69, 9.17) is 0 Å². The van der Waals surface area contributed by atoms with Crippen LogP contribution in [0.1, 0.15) is 62.5 Å². The summed E-state index contributed by atoms with van der Waals surface area (Å²) in [4.78, 5) is 45.1. The van der Waals surface area contributed by atoms with E-state index in [9.17, 15) is 14.4 Å². The third-order valence-corrected chi connectivity index (χ3v) is 7.67. The molecular formula is C24H31N3O3. The summed E-state index contributed by atoms with van der Waals surface area (Å²) in [6.07, 6.45) is 7.97. The van der Waals surface area contributed by atoms with E-state index in [2.05, 4.69) is 17.0 Å². The quantitative estimate of drug-likeness (QED) is 0.721. The molecule has 1 spiro atoms. The normalized spacial score (nSPS) is 26.5. The average Bonchev–Trinajstić information content (AvgIpc) is 3.37. The van der Waals surface area contributed by atoms with Crippen LogP contribution < -0.4 is 0 Å². The zero-order valence-electron chi connectivity index (χ0n) is 17.6. The van der Waals surface area contributed by atoms with Crippen molar-refractivity contribution in [2.24, 2.45) is 5.41 Å².